The molecule has 2 heterocycles. The molecule has 1 aliphatic heterocycles. The molecule has 0 aromatic carbocycles. The van der Waals surface area contributed by atoms with Crippen molar-refractivity contribution in [2.24, 2.45) is 4.99 Å². The van der Waals surface area contributed by atoms with Crippen LogP contribution in [0.25, 0.3) is 0 Å². The molecule has 1 fully saturated rings. The van der Waals surface area contributed by atoms with E-state index in [1.54, 1.807) is 0 Å². The maximum atomic E-state index is 5.40. The van der Waals surface area contributed by atoms with Crippen LogP contribution in [-0.4, -0.2) is 42.6 Å². The van der Waals surface area contributed by atoms with E-state index in [0.29, 0.717) is 5.92 Å². The van der Waals surface area contributed by atoms with Crippen LogP contribution in [-0.2, 0) is 4.84 Å². The van der Waals surface area contributed by atoms with Gasteiger partial charge < -0.3 is 10.2 Å². The fraction of sp³-hybridized carbons (Fsp3) is 0.600. The summed E-state index contributed by atoms with van der Waals surface area (Å²) in [7, 11) is 0. The maximum absolute atomic E-state index is 5.40. The molecule has 0 radical (unpaired) electrons. The lowest BCUT2D eigenvalue weighted by molar-refractivity contribution is -0.0561. The normalized spacial score (nSPS) is 16.9. The Morgan fingerprint density at radius 1 is 1.35 bits per heavy atom. The molecule has 1 N–H and O–H groups in total. The first kappa shape index (κ1) is 14.9. The molecule has 0 aliphatic carbocycles. The summed E-state index contributed by atoms with van der Waals surface area (Å²) < 4.78 is 0. The minimum atomic E-state index is 0.584. The van der Waals surface area contributed by atoms with Gasteiger partial charge in [0.2, 0.25) is 6.40 Å². The number of aliphatic imine (C=N–C) groups is 1. The number of nitrogens with zero attached hydrogens (tertiary/aromatic N) is 3. The second kappa shape index (κ2) is 7.97. The predicted octanol–water partition coefficient (Wildman–Crippen LogP) is 2.48. The topological polar surface area (TPSA) is 49.8 Å². The van der Waals surface area contributed by atoms with E-state index in [4.69, 9.17) is 4.84 Å². The summed E-state index contributed by atoms with van der Waals surface area (Å²) in [5.74, 6) is 0.584. The average Bonchev–Trinajstić information content (AvgIpc) is 2.53. The molecule has 0 bridgehead atoms. The van der Waals surface area contributed by atoms with Crippen LogP contribution in [0.15, 0.2) is 23.3 Å². The summed E-state index contributed by atoms with van der Waals surface area (Å²) in [6, 6.07) is 4.09. The van der Waals surface area contributed by atoms with Crippen molar-refractivity contribution in [3.8, 4) is 0 Å². The van der Waals surface area contributed by atoms with E-state index in [1.165, 1.54) is 24.9 Å². The molecular weight excluding hydrogens is 252 g/mol. The van der Waals surface area contributed by atoms with Gasteiger partial charge in [-0.2, -0.15) is 0 Å². The largest absolute Gasteiger partial charge is 0.394 e. The van der Waals surface area contributed by atoms with Crippen molar-refractivity contribution in [2.75, 3.05) is 26.2 Å². The standard InChI is InChI=1S/C15H24N4O/c1-3-19(4-2)20-12-18-14-5-6-15(17-11-14)13-7-9-16-10-8-13/h5-6,11-13,16H,3-4,7-10H2,1-2H3/b18-12+. The average molecular weight is 276 g/mol. The summed E-state index contributed by atoms with van der Waals surface area (Å²) in [4.78, 5) is 14.2. The van der Waals surface area contributed by atoms with Crippen LogP contribution in [0.5, 0.6) is 0 Å². The highest BCUT2D eigenvalue weighted by atomic mass is 16.7. The Kier molecular flexibility index (Phi) is 5.95. The zero-order valence-electron chi connectivity index (χ0n) is 12.4. The Bertz CT molecular complexity index is 408. The molecule has 110 valence electrons. The Morgan fingerprint density at radius 2 is 2.10 bits per heavy atom. The molecule has 0 unspecified atom stereocenters. The van der Waals surface area contributed by atoms with Gasteiger partial charge in [0.05, 0.1) is 11.9 Å². The monoisotopic (exact) mass is 276 g/mol. The first-order valence-electron chi connectivity index (χ1n) is 7.44. The molecule has 0 atom stereocenters. The van der Waals surface area contributed by atoms with Crippen molar-refractivity contribution in [3.05, 3.63) is 24.0 Å². The van der Waals surface area contributed by atoms with Crippen LogP contribution >= 0.6 is 0 Å². The Labute approximate surface area is 121 Å². The number of hydrogen-bond acceptors (Lipinski definition) is 5. The third-order valence-corrected chi connectivity index (χ3v) is 3.63. The summed E-state index contributed by atoms with van der Waals surface area (Å²) in [6.45, 7) is 7.96. The van der Waals surface area contributed by atoms with Crippen LogP contribution in [0.4, 0.5) is 5.69 Å². The van der Waals surface area contributed by atoms with Crippen molar-refractivity contribution in [3.63, 3.8) is 0 Å². The second-order valence-corrected chi connectivity index (χ2v) is 4.92. The molecule has 5 heteroatoms. The Balaban J connectivity index is 1.89. The van der Waals surface area contributed by atoms with Crippen molar-refractivity contribution in [2.45, 2.75) is 32.6 Å². The lowest BCUT2D eigenvalue weighted by Gasteiger charge is -2.21. The van der Waals surface area contributed by atoms with E-state index in [2.05, 4.69) is 21.4 Å². The molecule has 20 heavy (non-hydrogen) atoms. The van der Waals surface area contributed by atoms with Gasteiger partial charge in [-0.15, -0.1) is 5.06 Å². The third kappa shape index (κ3) is 4.28. The Morgan fingerprint density at radius 3 is 2.70 bits per heavy atom. The smallest absolute Gasteiger partial charge is 0.201 e. The van der Waals surface area contributed by atoms with Crippen LogP contribution < -0.4 is 5.32 Å². The number of hydrogen-bond donors (Lipinski definition) is 1. The molecule has 5 nitrogen and oxygen atoms in total. The van der Waals surface area contributed by atoms with Gasteiger partial charge in [-0.1, -0.05) is 0 Å². The van der Waals surface area contributed by atoms with E-state index in [-0.39, 0.29) is 0 Å². The zero-order chi connectivity index (χ0) is 14.2. The lowest BCUT2D eigenvalue weighted by Crippen LogP contribution is -2.26. The number of rotatable bonds is 6. The van der Waals surface area contributed by atoms with E-state index < -0.39 is 0 Å². The first-order valence-corrected chi connectivity index (χ1v) is 7.44. The van der Waals surface area contributed by atoms with Gasteiger partial charge in [0, 0.05) is 24.7 Å². The summed E-state index contributed by atoms with van der Waals surface area (Å²) in [6.07, 6.45) is 5.63. The molecule has 0 amide bonds. The zero-order valence-corrected chi connectivity index (χ0v) is 12.4. The SMILES string of the molecule is CCN(CC)O/C=N/c1ccc(C2CCNCC2)nc1. The molecule has 1 aromatic rings. The molecule has 2 rings (SSSR count). The quantitative estimate of drug-likeness (QED) is 0.493. The summed E-state index contributed by atoms with van der Waals surface area (Å²) >= 11 is 0. The van der Waals surface area contributed by atoms with Crippen LogP contribution in [0.2, 0.25) is 0 Å². The third-order valence-electron chi connectivity index (χ3n) is 3.63. The molecular formula is C15H24N4O. The first-order chi connectivity index (χ1) is 9.83. The van der Waals surface area contributed by atoms with Crippen molar-refractivity contribution < 1.29 is 4.84 Å². The fourth-order valence-corrected chi connectivity index (χ4v) is 2.36. The minimum absolute atomic E-state index is 0.584. The van der Waals surface area contributed by atoms with Crippen LogP contribution in [0, 0.1) is 0 Å². The highest BCUT2D eigenvalue weighted by Crippen LogP contribution is 2.24. The molecule has 1 saturated heterocycles. The highest BCUT2D eigenvalue weighted by molar-refractivity contribution is 5.54. The van der Waals surface area contributed by atoms with Gasteiger partial charge in [-0.05, 0) is 51.9 Å². The minimum Gasteiger partial charge on any atom is -0.394 e. The van der Waals surface area contributed by atoms with E-state index in [9.17, 15) is 0 Å². The van der Waals surface area contributed by atoms with Gasteiger partial charge in [0.15, 0.2) is 0 Å². The second-order valence-electron chi connectivity index (χ2n) is 4.92. The molecule has 0 saturated carbocycles. The summed E-state index contributed by atoms with van der Waals surface area (Å²) in [5.41, 5.74) is 2.00. The number of pyridine rings is 1. The number of hydroxylamine groups is 2. The van der Waals surface area contributed by atoms with Crippen LogP contribution in [0.1, 0.15) is 38.3 Å². The van der Waals surface area contributed by atoms with Crippen molar-refractivity contribution >= 4 is 12.1 Å². The number of nitrogens with one attached hydrogen (secondary N) is 1. The predicted molar refractivity (Wildman–Crippen MR) is 81.2 cm³/mol. The number of piperidine rings is 1. The maximum Gasteiger partial charge on any atom is 0.201 e. The van der Waals surface area contributed by atoms with E-state index in [0.717, 1.165) is 31.9 Å². The van der Waals surface area contributed by atoms with Crippen LogP contribution in [0.3, 0.4) is 0 Å². The number of aromatic nitrogens is 1. The van der Waals surface area contributed by atoms with E-state index >= 15 is 0 Å². The van der Waals surface area contributed by atoms with Crippen molar-refractivity contribution in [1.29, 1.82) is 0 Å². The van der Waals surface area contributed by atoms with Gasteiger partial charge >= 0.3 is 0 Å². The fourth-order valence-electron chi connectivity index (χ4n) is 2.36. The van der Waals surface area contributed by atoms with Gasteiger partial charge in [-0.3, -0.25) is 4.98 Å². The van der Waals surface area contributed by atoms with E-state index in [1.807, 2.05) is 31.2 Å². The Hall–Kier alpha value is -1.46. The van der Waals surface area contributed by atoms with Gasteiger partial charge in [0.1, 0.15) is 0 Å². The molecule has 1 aromatic heterocycles. The highest BCUT2D eigenvalue weighted by Gasteiger charge is 2.15. The summed E-state index contributed by atoms with van der Waals surface area (Å²) in [5, 5.41) is 5.21. The van der Waals surface area contributed by atoms with Crippen molar-refractivity contribution in [1.82, 2.24) is 15.4 Å². The molecule has 1 aliphatic rings. The molecule has 0 spiro atoms. The van der Waals surface area contributed by atoms with Gasteiger partial charge in [-0.25, -0.2) is 4.99 Å². The van der Waals surface area contributed by atoms with Gasteiger partial charge in [0.25, 0.3) is 0 Å². The lowest BCUT2D eigenvalue weighted by atomic mass is 9.94.